The lowest BCUT2D eigenvalue weighted by Crippen LogP contribution is -2.46. The number of terminal acetylenes is 1. The number of aliphatic hydroxyl groups is 1. The Morgan fingerprint density at radius 2 is 1.75 bits per heavy atom. The number of nitrogens with one attached hydrogen (secondary N) is 3. The molecule has 2 aromatic rings. The third-order valence-corrected chi connectivity index (χ3v) is 8.74. The molecule has 0 spiro atoms. The molecule has 3 unspecified atom stereocenters. The van der Waals surface area contributed by atoms with E-state index in [1.54, 1.807) is 0 Å². The monoisotopic (exact) mass is 642 g/mol. The molecule has 6 atom stereocenters. The lowest BCUT2D eigenvalue weighted by atomic mass is 9.97. The van der Waals surface area contributed by atoms with Gasteiger partial charge in [0.15, 0.2) is 17.4 Å². The number of H-pyrrole nitrogens is 1. The maximum absolute atomic E-state index is 16.2. The Morgan fingerprint density at radius 3 is 2.23 bits per heavy atom. The molecule has 0 amide bonds. The number of aromatic nitrogens is 4. The Balaban J connectivity index is 1.96. The highest BCUT2D eigenvalue weighted by molar-refractivity contribution is 7.54. The van der Waals surface area contributed by atoms with E-state index in [4.69, 9.17) is 25.2 Å². The van der Waals surface area contributed by atoms with Crippen LogP contribution >= 0.6 is 7.67 Å². The second-order valence-electron chi connectivity index (χ2n) is 11.4. The van der Waals surface area contributed by atoms with Gasteiger partial charge in [0.2, 0.25) is 5.67 Å². The van der Waals surface area contributed by atoms with E-state index in [9.17, 15) is 24.1 Å². The lowest BCUT2D eigenvalue weighted by Gasteiger charge is -2.30. The highest BCUT2D eigenvalue weighted by atomic mass is 31.2. The van der Waals surface area contributed by atoms with Crippen LogP contribution in [0.15, 0.2) is 11.1 Å². The van der Waals surface area contributed by atoms with E-state index in [2.05, 4.69) is 25.1 Å². The molecule has 3 heterocycles. The SMILES string of the molecule is C#C[C@]1(F)C(O)[C@@H](COP(=O)(NC(CC(C)C)C(=O)OC)NC(CC(C)C)C(=O)OC)O[C@H]1n1cnc2c(=O)[nH]c(C)nc21. The number of carbonyl (C=O) groups excluding carboxylic acids is 2. The fourth-order valence-corrected chi connectivity index (χ4v) is 6.67. The molecule has 4 N–H and O–H groups in total. The van der Waals surface area contributed by atoms with Crippen LogP contribution in [0.25, 0.3) is 11.2 Å². The van der Waals surface area contributed by atoms with Crippen LogP contribution in [-0.2, 0) is 32.9 Å². The molecule has 1 fully saturated rings. The third-order valence-electron chi connectivity index (χ3n) is 6.93. The van der Waals surface area contributed by atoms with E-state index in [-0.39, 0.29) is 41.7 Å². The number of halogens is 1. The largest absolute Gasteiger partial charge is 0.468 e. The maximum Gasteiger partial charge on any atom is 0.342 e. The van der Waals surface area contributed by atoms with Crippen molar-refractivity contribution in [2.75, 3.05) is 20.8 Å². The normalized spacial score (nSPS) is 24.6. The fraction of sp³-hybridized carbons (Fsp3) is 0.667. The van der Waals surface area contributed by atoms with Crippen LogP contribution in [0.5, 0.6) is 0 Å². The summed E-state index contributed by atoms with van der Waals surface area (Å²) < 4.78 is 52.9. The number of esters is 2. The summed E-state index contributed by atoms with van der Waals surface area (Å²) in [4.78, 5) is 48.2. The first-order valence-corrected chi connectivity index (χ1v) is 15.6. The van der Waals surface area contributed by atoms with Crippen LogP contribution in [0.1, 0.15) is 52.6 Å². The first-order chi connectivity index (χ1) is 20.6. The van der Waals surface area contributed by atoms with Crippen LogP contribution in [-0.4, -0.2) is 87.4 Å². The van der Waals surface area contributed by atoms with Crippen molar-refractivity contribution in [3.05, 3.63) is 22.5 Å². The number of imidazole rings is 1. The molecule has 244 valence electrons. The number of aromatic amines is 1. The number of rotatable bonds is 14. The average Bonchev–Trinajstić information content (AvgIpc) is 3.48. The van der Waals surface area contributed by atoms with Gasteiger partial charge in [0.1, 0.15) is 30.1 Å². The molecular formula is C27H40FN6O9P. The summed E-state index contributed by atoms with van der Waals surface area (Å²) in [7, 11) is -2.05. The van der Waals surface area contributed by atoms with E-state index in [0.717, 1.165) is 10.9 Å². The number of methoxy groups -OCH3 is 2. The van der Waals surface area contributed by atoms with Gasteiger partial charge in [0.05, 0.1) is 27.2 Å². The lowest BCUT2D eigenvalue weighted by molar-refractivity contribution is -0.143. The Morgan fingerprint density at radius 1 is 1.20 bits per heavy atom. The van der Waals surface area contributed by atoms with Crippen LogP contribution in [0, 0.1) is 31.1 Å². The number of aryl methyl sites for hydroxylation is 1. The minimum atomic E-state index is -4.38. The van der Waals surface area contributed by atoms with Gasteiger partial charge in [-0.15, -0.1) is 6.42 Å². The van der Waals surface area contributed by atoms with Gasteiger partial charge in [0.25, 0.3) is 5.56 Å². The molecule has 15 nitrogen and oxygen atoms in total. The van der Waals surface area contributed by atoms with Crippen LogP contribution < -0.4 is 15.7 Å². The third kappa shape index (κ3) is 7.71. The van der Waals surface area contributed by atoms with Gasteiger partial charge in [-0.3, -0.25) is 23.5 Å². The zero-order valence-electron chi connectivity index (χ0n) is 25.7. The summed E-state index contributed by atoms with van der Waals surface area (Å²) in [5.41, 5.74) is -3.58. The van der Waals surface area contributed by atoms with Gasteiger partial charge in [-0.25, -0.2) is 24.5 Å². The van der Waals surface area contributed by atoms with Crippen molar-refractivity contribution in [2.45, 2.75) is 83.6 Å². The van der Waals surface area contributed by atoms with Crippen LogP contribution in [0.2, 0.25) is 0 Å². The number of aliphatic hydroxyl groups excluding tert-OH is 1. The number of hydrogen-bond acceptors (Lipinski definition) is 11. The second-order valence-corrected chi connectivity index (χ2v) is 13.3. The summed E-state index contributed by atoms with van der Waals surface area (Å²) in [6, 6.07) is -2.26. The molecule has 44 heavy (non-hydrogen) atoms. The molecule has 2 aromatic heterocycles. The molecule has 17 heteroatoms. The first kappa shape index (κ1) is 35.3. The zero-order chi connectivity index (χ0) is 33.0. The average molecular weight is 643 g/mol. The van der Waals surface area contributed by atoms with E-state index < -0.39 is 68.0 Å². The highest BCUT2D eigenvalue weighted by Gasteiger charge is 2.58. The first-order valence-electron chi connectivity index (χ1n) is 14.0. The van der Waals surface area contributed by atoms with E-state index in [1.165, 1.54) is 21.1 Å². The van der Waals surface area contributed by atoms with Gasteiger partial charge >= 0.3 is 19.6 Å². The molecule has 1 aliphatic rings. The number of nitrogens with zero attached hydrogens (tertiary/aromatic N) is 3. The maximum atomic E-state index is 16.2. The Hall–Kier alpha value is -3.19. The summed E-state index contributed by atoms with van der Waals surface area (Å²) in [5.74, 6) is 0.563. The van der Waals surface area contributed by atoms with Crippen LogP contribution in [0.4, 0.5) is 4.39 Å². The molecule has 3 rings (SSSR count). The van der Waals surface area contributed by atoms with Crippen LogP contribution in [0.3, 0.4) is 0 Å². The standard InChI is InChI=1S/C27H40FN6O9P/c1-9-27(28)21(35)19(43-26(27)34-13-29-20-22(34)30-16(6)31-23(20)36)12-42-44(39,32-17(10-14(2)3)24(37)40-7)33-18(11-15(4)5)25(38)41-8/h1,13-15,17-19,21,26,35H,10-12H2,2-8H3,(H,30,31,36)(H2,32,33,39)/t17?,18?,19-,21?,26-,27+,44?/m1/s1. The van der Waals surface area contributed by atoms with Crippen molar-refractivity contribution in [2.24, 2.45) is 11.8 Å². The van der Waals surface area contributed by atoms with Crippen molar-refractivity contribution in [3.8, 4) is 12.3 Å². The summed E-state index contributed by atoms with van der Waals surface area (Å²) in [6.07, 6.45) is 1.76. The van der Waals surface area contributed by atoms with Gasteiger partial charge in [0, 0.05) is 0 Å². The fourth-order valence-electron chi connectivity index (χ4n) is 4.85. The summed E-state index contributed by atoms with van der Waals surface area (Å²) >= 11 is 0. The summed E-state index contributed by atoms with van der Waals surface area (Å²) in [6.45, 7) is 8.14. The highest BCUT2D eigenvalue weighted by Crippen LogP contribution is 2.46. The molecule has 1 aliphatic heterocycles. The Kier molecular flexibility index (Phi) is 11.4. The minimum absolute atomic E-state index is 0.0412. The van der Waals surface area contributed by atoms with Crippen molar-refractivity contribution < 1.29 is 42.4 Å². The predicted molar refractivity (Wildman–Crippen MR) is 156 cm³/mol. The minimum Gasteiger partial charge on any atom is -0.468 e. The van der Waals surface area contributed by atoms with Gasteiger partial charge < -0.3 is 28.8 Å². The molecule has 0 saturated carbocycles. The Labute approximate surface area is 254 Å². The van der Waals surface area contributed by atoms with E-state index >= 15 is 4.39 Å². The number of carbonyl (C=O) groups is 2. The zero-order valence-corrected chi connectivity index (χ0v) is 26.6. The topological polar surface area (TPSA) is 196 Å². The van der Waals surface area contributed by atoms with Crippen molar-refractivity contribution >= 4 is 30.8 Å². The smallest absolute Gasteiger partial charge is 0.342 e. The molecule has 1 saturated heterocycles. The van der Waals surface area contributed by atoms with E-state index in [0.29, 0.717) is 0 Å². The predicted octanol–water partition coefficient (Wildman–Crippen LogP) is 1.51. The quantitative estimate of drug-likeness (QED) is 0.132. The van der Waals surface area contributed by atoms with Crippen molar-refractivity contribution in [1.29, 1.82) is 0 Å². The molecular weight excluding hydrogens is 602 g/mol. The van der Waals surface area contributed by atoms with Gasteiger partial charge in [-0.05, 0) is 31.6 Å². The summed E-state index contributed by atoms with van der Waals surface area (Å²) in [5, 5.41) is 16.3. The van der Waals surface area contributed by atoms with Crippen molar-refractivity contribution in [1.82, 2.24) is 29.7 Å². The van der Waals surface area contributed by atoms with Gasteiger partial charge in [-0.2, -0.15) is 0 Å². The number of alkyl halides is 1. The molecule has 0 radical (unpaired) electrons. The number of ether oxygens (including phenoxy) is 3. The Bertz CT molecular complexity index is 1450. The number of hydrogen-bond donors (Lipinski definition) is 4. The van der Waals surface area contributed by atoms with Gasteiger partial charge in [-0.1, -0.05) is 33.6 Å². The second kappa shape index (κ2) is 14.3. The number of fused-ring (bicyclic) bond motifs is 1. The molecule has 0 aliphatic carbocycles. The molecule has 0 aromatic carbocycles. The molecule has 0 bridgehead atoms. The van der Waals surface area contributed by atoms with Crippen molar-refractivity contribution in [3.63, 3.8) is 0 Å². The van der Waals surface area contributed by atoms with E-state index in [1.807, 2.05) is 33.6 Å².